The number of nitrogens with zero attached hydrogens (tertiary/aromatic N) is 1. The summed E-state index contributed by atoms with van der Waals surface area (Å²) in [5.74, 6) is -0.127. The Labute approximate surface area is 114 Å². The third-order valence-corrected chi connectivity index (χ3v) is 2.95. The van der Waals surface area contributed by atoms with Crippen molar-refractivity contribution in [2.24, 2.45) is 0 Å². The van der Waals surface area contributed by atoms with Gasteiger partial charge in [-0.1, -0.05) is 6.07 Å². The number of aryl methyl sites for hydroxylation is 1. The molecule has 0 heterocycles. The number of amides is 1. The van der Waals surface area contributed by atoms with Crippen LogP contribution in [0.2, 0.25) is 0 Å². The van der Waals surface area contributed by atoms with E-state index in [-0.39, 0.29) is 25.1 Å². The van der Waals surface area contributed by atoms with Gasteiger partial charge < -0.3 is 16.2 Å². The molecule has 0 aliphatic carbocycles. The van der Waals surface area contributed by atoms with E-state index in [0.29, 0.717) is 17.9 Å². The van der Waals surface area contributed by atoms with Crippen molar-refractivity contribution in [2.45, 2.75) is 26.8 Å². The maximum Gasteiger partial charge on any atom is 0.238 e. The van der Waals surface area contributed by atoms with Gasteiger partial charge in [-0.05, 0) is 38.5 Å². The van der Waals surface area contributed by atoms with E-state index in [4.69, 9.17) is 10.8 Å². The average Bonchev–Trinajstić information content (AvgIpc) is 2.32. The first-order valence-corrected chi connectivity index (χ1v) is 6.45. The minimum Gasteiger partial charge on any atom is -0.397 e. The molecule has 1 aromatic carbocycles. The molecule has 0 spiro atoms. The Kier molecular flexibility index (Phi) is 5.79. The van der Waals surface area contributed by atoms with Crippen LogP contribution in [0.4, 0.5) is 11.4 Å². The number of carbonyl (C=O) groups is 1. The Balaban J connectivity index is 2.63. The van der Waals surface area contributed by atoms with Crippen LogP contribution < -0.4 is 11.1 Å². The van der Waals surface area contributed by atoms with Crippen molar-refractivity contribution < 1.29 is 9.90 Å². The summed E-state index contributed by atoms with van der Waals surface area (Å²) in [7, 11) is 0. The Morgan fingerprint density at radius 3 is 2.68 bits per heavy atom. The van der Waals surface area contributed by atoms with E-state index in [0.717, 1.165) is 5.56 Å². The molecule has 0 radical (unpaired) electrons. The van der Waals surface area contributed by atoms with Crippen LogP contribution in [0.15, 0.2) is 18.2 Å². The van der Waals surface area contributed by atoms with Crippen LogP contribution in [0, 0.1) is 6.92 Å². The van der Waals surface area contributed by atoms with E-state index in [1.54, 1.807) is 6.07 Å². The Morgan fingerprint density at radius 2 is 2.16 bits per heavy atom. The van der Waals surface area contributed by atoms with Gasteiger partial charge in [0.25, 0.3) is 0 Å². The lowest BCUT2D eigenvalue weighted by Crippen LogP contribution is -2.39. The summed E-state index contributed by atoms with van der Waals surface area (Å²) >= 11 is 0. The lowest BCUT2D eigenvalue weighted by molar-refractivity contribution is -0.117. The number of nitrogens with two attached hydrogens (primary N) is 1. The number of hydrogen-bond donors (Lipinski definition) is 3. The molecule has 1 rings (SSSR count). The molecule has 0 saturated carbocycles. The summed E-state index contributed by atoms with van der Waals surface area (Å²) in [4.78, 5) is 13.9. The number of nitrogens with one attached hydrogen (secondary N) is 1. The average molecular weight is 265 g/mol. The quantitative estimate of drug-likeness (QED) is 0.676. The minimum atomic E-state index is -0.127. The van der Waals surface area contributed by atoms with Gasteiger partial charge in [0.1, 0.15) is 0 Å². The van der Waals surface area contributed by atoms with E-state index < -0.39 is 0 Å². The number of anilines is 2. The van der Waals surface area contributed by atoms with E-state index in [9.17, 15) is 4.79 Å². The molecule has 106 valence electrons. The van der Waals surface area contributed by atoms with E-state index in [2.05, 4.69) is 5.32 Å². The molecule has 0 aromatic heterocycles. The minimum absolute atomic E-state index is 0.0398. The molecule has 5 nitrogen and oxygen atoms in total. The van der Waals surface area contributed by atoms with E-state index in [1.165, 1.54) is 0 Å². The second kappa shape index (κ2) is 7.11. The van der Waals surface area contributed by atoms with Crippen molar-refractivity contribution in [1.82, 2.24) is 4.90 Å². The third-order valence-electron chi connectivity index (χ3n) is 2.95. The number of aliphatic hydroxyl groups is 1. The fourth-order valence-corrected chi connectivity index (χ4v) is 1.82. The van der Waals surface area contributed by atoms with Crippen molar-refractivity contribution in [3.8, 4) is 0 Å². The first-order chi connectivity index (χ1) is 8.93. The van der Waals surface area contributed by atoms with E-state index in [1.807, 2.05) is 37.8 Å². The maximum atomic E-state index is 11.9. The lowest BCUT2D eigenvalue weighted by atomic mass is 10.2. The zero-order valence-electron chi connectivity index (χ0n) is 11.8. The maximum absolute atomic E-state index is 11.9. The molecular formula is C14H23N3O2. The highest BCUT2D eigenvalue weighted by Crippen LogP contribution is 2.19. The highest BCUT2D eigenvalue weighted by atomic mass is 16.3. The summed E-state index contributed by atoms with van der Waals surface area (Å²) in [6.07, 6.45) is 0. The SMILES string of the molecule is Cc1ccc(NC(=O)CN(CCO)C(C)C)c(N)c1. The summed E-state index contributed by atoms with van der Waals surface area (Å²) in [5, 5.41) is 11.8. The Bertz CT molecular complexity index is 433. The van der Waals surface area contributed by atoms with Crippen LogP contribution in [0.3, 0.4) is 0 Å². The predicted molar refractivity (Wildman–Crippen MR) is 78.0 cm³/mol. The fraction of sp³-hybridized carbons (Fsp3) is 0.500. The zero-order chi connectivity index (χ0) is 14.4. The Morgan fingerprint density at radius 1 is 1.47 bits per heavy atom. The molecule has 0 aliphatic rings. The van der Waals surface area contributed by atoms with Crippen LogP contribution in [0.25, 0.3) is 0 Å². The van der Waals surface area contributed by atoms with Gasteiger partial charge in [0.2, 0.25) is 5.91 Å². The molecule has 0 bridgehead atoms. The molecule has 0 unspecified atom stereocenters. The number of nitrogen functional groups attached to an aromatic ring is 1. The summed E-state index contributed by atoms with van der Waals surface area (Å²) in [6.45, 7) is 6.69. The number of aliphatic hydroxyl groups excluding tert-OH is 1. The second-order valence-electron chi connectivity index (χ2n) is 4.93. The monoisotopic (exact) mass is 265 g/mol. The van der Waals surface area contributed by atoms with Crippen LogP contribution >= 0.6 is 0 Å². The molecular weight excluding hydrogens is 242 g/mol. The number of benzene rings is 1. The van der Waals surface area contributed by atoms with Crippen molar-refractivity contribution >= 4 is 17.3 Å². The van der Waals surface area contributed by atoms with Crippen LogP contribution in [-0.2, 0) is 4.79 Å². The van der Waals surface area contributed by atoms with Gasteiger partial charge in [-0.25, -0.2) is 0 Å². The van der Waals surface area contributed by atoms with E-state index >= 15 is 0 Å². The topological polar surface area (TPSA) is 78.6 Å². The number of carbonyl (C=O) groups excluding carboxylic acids is 1. The van der Waals surface area contributed by atoms with Gasteiger partial charge in [0.05, 0.1) is 24.5 Å². The molecule has 19 heavy (non-hydrogen) atoms. The van der Waals surface area contributed by atoms with Gasteiger partial charge >= 0.3 is 0 Å². The molecule has 0 atom stereocenters. The molecule has 4 N–H and O–H groups in total. The Hall–Kier alpha value is -1.59. The first-order valence-electron chi connectivity index (χ1n) is 6.45. The zero-order valence-corrected chi connectivity index (χ0v) is 11.8. The summed E-state index contributed by atoms with van der Waals surface area (Å²) < 4.78 is 0. The fourth-order valence-electron chi connectivity index (χ4n) is 1.82. The van der Waals surface area contributed by atoms with Crippen LogP contribution in [0.5, 0.6) is 0 Å². The second-order valence-corrected chi connectivity index (χ2v) is 4.93. The van der Waals surface area contributed by atoms with Gasteiger partial charge in [-0.3, -0.25) is 9.69 Å². The van der Waals surface area contributed by atoms with Crippen molar-refractivity contribution in [2.75, 3.05) is 30.7 Å². The molecule has 1 aromatic rings. The standard InChI is InChI=1S/C14H23N3O2/c1-10(2)17(6-7-18)9-14(19)16-13-5-4-11(3)8-12(13)15/h4-5,8,10,18H,6-7,9,15H2,1-3H3,(H,16,19). The summed E-state index contributed by atoms with van der Waals surface area (Å²) in [6, 6.07) is 5.73. The van der Waals surface area contributed by atoms with Crippen LogP contribution in [0.1, 0.15) is 19.4 Å². The van der Waals surface area contributed by atoms with Crippen molar-refractivity contribution in [3.05, 3.63) is 23.8 Å². The molecule has 0 fully saturated rings. The molecule has 0 saturated heterocycles. The van der Waals surface area contributed by atoms with Crippen molar-refractivity contribution in [1.29, 1.82) is 0 Å². The van der Waals surface area contributed by atoms with Crippen LogP contribution in [-0.4, -0.2) is 41.7 Å². The molecule has 1 amide bonds. The summed E-state index contributed by atoms with van der Waals surface area (Å²) in [5.41, 5.74) is 8.10. The highest BCUT2D eigenvalue weighted by Gasteiger charge is 2.14. The highest BCUT2D eigenvalue weighted by molar-refractivity contribution is 5.95. The number of hydrogen-bond acceptors (Lipinski definition) is 4. The van der Waals surface area contributed by atoms with Gasteiger partial charge in [0.15, 0.2) is 0 Å². The van der Waals surface area contributed by atoms with Gasteiger partial charge in [0, 0.05) is 12.6 Å². The molecule has 0 aliphatic heterocycles. The smallest absolute Gasteiger partial charge is 0.238 e. The lowest BCUT2D eigenvalue weighted by Gasteiger charge is -2.24. The first kappa shape index (κ1) is 15.5. The third kappa shape index (κ3) is 4.89. The van der Waals surface area contributed by atoms with Gasteiger partial charge in [-0.2, -0.15) is 0 Å². The molecule has 5 heteroatoms. The number of rotatable bonds is 6. The van der Waals surface area contributed by atoms with Gasteiger partial charge in [-0.15, -0.1) is 0 Å². The normalized spacial score (nSPS) is 11.1. The predicted octanol–water partition coefficient (Wildman–Crippen LogP) is 1.22. The van der Waals surface area contributed by atoms with Crippen molar-refractivity contribution in [3.63, 3.8) is 0 Å². The largest absolute Gasteiger partial charge is 0.397 e.